The van der Waals surface area contributed by atoms with Gasteiger partial charge in [0.15, 0.2) is 0 Å². The molecule has 0 amide bonds. The Labute approximate surface area is 107 Å². The minimum absolute atomic E-state index is 0.556. The fraction of sp³-hybridized carbons (Fsp3) is 0.429. The summed E-state index contributed by atoms with van der Waals surface area (Å²) >= 11 is 0. The zero-order valence-electron chi connectivity index (χ0n) is 10.6. The molecule has 0 aliphatic carbocycles. The maximum absolute atomic E-state index is 4.45. The Kier molecular flexibility index (Phi) is 3.11. The lowest BCUT2D eigenvalue weighted by molar-refractivity contribution is 0.326. The first-order valence-electron chi connectivity index (χ1n) is 6.44. The summed E-state index contributed by atoms with van der Waals surface area (Å²) in [7, 11) is 0. The smallest absolute Gasteiger partial charge is 0.110 e. The Morgan fingerprint density at radius 1 is 1.39 bits per heavy atom. The molecule has 0 saturated carbocycles. The monoisotopic (exact) mass is 242 g/mol. The van der Waals surface area contributed by atoms with Crippen LogP contribution in [-0.4, -0.2) is 32.9 Å². The van der Waals surface area contributed by atoms with Crippen molar-refractivity contribution in [3.63, 3.8) is 0 Å². The van der Waals surface area contributed by atoms with E-state index in [0.717, 1.165) is 31.2 Å². The van der Waals surface area contributed by atoms with Gasteiger partial charge >= 0.3 is 0 Å². The molecule has 0 aromatic carbocycles. The van der Waals surface area contributed by atoms with Crippen LogP contribution >= 0.6 is 0 Å². The molecule has 18 heavy (non-hydrogen) atoms. The predicted molar refractivity (Wildman–Crippen MR) is 70.2 cm³/mol. The van der Waals surface area contributed by atoms with Crippen molar-refractivity contribution in [3.8, 4) is 0 Å². The average Bonchev–Trinajstić information content (AvgIpc) is 2.99. The second-order valence-electron chi connectivity index (χ2n) is 5.03. The minimum Gasteiger partial charge on any atom is -0.346 e. The number of nitrogens with one attached hydrogen (secondary N) is 1. The molecule has 3 rings (SSSR count). The number of hydrogen-bond acceptors (Lipinski definition) is 3. The predicted octanol–water partition coefficient (Wildman–Crippen LogP) is 2.10. The van der Waals surface area contributed by atoms with E-state index in [1.54, 1.807) is 0 Å². The molecule has 2 aromatic heterocycles. The lowest BCUT2D eigenvalue weighted by atomic mass is 10.1. The van der Waals surface area contributed by atoms with E-state index < -0.39 is 0 Å². The number of rotatable bonds is 3. The zero-order chi connectivity index (χ0) is 12.4. The highest BCUT2D eigenvalue weighted by molar-refractivity contribution is 5.11. The fourth-order valence-electron chi connectivity index (χ4n) is 2.59. The van der Waals surface area contributed by atoms with Crippen molar-refractivity contribution in [2.75, 3.05) is 13.1 Å². The number of imidazole rings is 1. The maximum atomic E-state index is 4.45. The van der Waals surface area contributed by atoms with Gasteiger partial charge in [-0.3, -0.25) is 9.88 Å². The standard InChI is InChI=1S/C14H18N4/c1-11-8-16-14(17-11)13-4-7-18(10-13)9-12-2-5-15-6-3-12/h2-3,5-6,8,13H,4,7,9-10H2,1H3,(H,16,17). The zero-order valence-corrected chi connectivity index (χ0v) is 10.6. The van der Waals surface area contributed by atoms with E-state index in [2.05, 4.69) is 38.9 Å². The van der Waals surface area contributed by atoms with E-state index >= 15 is 0 Å². The third kappa shape index (κ3) is 2.43. The molecule has 0 bridgehead atoms. The van der Waals surface area contributed by atoms with Crippen molar-refractivity contribution in [3.05, 3.63) is 47.8 Å². The quantitative estimate of drug-likeness (QED) is 0.896. The highest BCUT2D eigenvalue weighted by Gasteiger charge is 2.25. The van der Waals surface area contributed by atoms with Gasteiger partial charge in [-0.15, -0.1) is 0 Å². The van der Waals surface area contributed by atoms with E-state index in [9.17, 15) is 0 Å². The number of aromatic amines is 1. The topological polar surface area (TPSA) is 44.8 Å². The van der Waals surface area contributed by atoms with Crippen LogP contribution in [0.3, 0.4) is 0 Å². The van der Waals surface area contributed by atoms with Crippen LogP contribution in [0.4, 0.5) is 0 Å². The third-order valence-corrected chi connectivity index (χ3v) is 3.54. The first-order chi connectivity index (χ1) is 8.81. The van der Waals surface area contributed by atoms with E-state index in [-0.39, 0.29) is 0 Å². The van der Waals surface area contributed by atoms with Gasteiger partial charge in [-0.1, -0.05) is 0 Å². The summed E-state index contributed by atoms with van der Waals surface area (Å²) in [5.74, 6) is 1.70. The lowest BCUT2D eigenvalue weighted by Crippen LogP contribution is -2.19. The van der Waals surface area contributed by atoms with Crippen LogP contribution < -0.4 is 0 Å². The molecule has 1 atom stereocenters. The first kappa shape index (κ1) is 11.4. The van der Waals surface area contributed by atoms with Crippen LogP contribution in [0.25, 0.3) is 0 Å². The van der Waals surface area contributed by atoms with Gasteiger partial charge in [-0.2, -0.15) is 0 Å². The van der Waals surface area contributed by atoms with Gasteiger partial charge in [0, 0.05) is 43.3 Å². The van der Waals surface area contributed by atoms with Crippen molar-refractivity contribution in [2.24, 2.45) is 0 Å². The van der Waals surface area contributed by atoms with Crippen molar-refractivity contribution in [1.29, 1.82) is 0 Å². The number of nitrogens with zero attached hydrogens (tertiary/aromatic N) is 3. The van der Waals surface area contributed by atoms with Crippen LogP contribution in [0, 0.1) is 6.92 Å². The Hall–Kier alpha value is -1.68. The van der Waals surface area contributed by atoms with Gasteiger partial charge in [0.05, 0.1) is 0 Å². The molecule has 4 nitrogen and oxygen atoms in total. The summed E-state index contributed by atoms with van der Waals surface area (Å²) < 4.78 is 0. The minimum atomic E-state index is 0.556. The summed E-state index contributed by atoms with van der Waals surface area (Å²) in [5, 5.41) is 0. The molecule has 1 aliphatic rings. The molecule has 94 valence electrons. The van der Waals surface area contributed by atoms with Crippen molar-refractivity contribution < 1.29 is 0 Å². The molecule has 3 heterocycles. The average molecular weight is 242 g/mol. The van der Waals surface area contributed by atoms with Gasteiger partial charge in [0.1, 0.15) is 5.82 Å². The Morgan fingerprint density at radius 2 is 2.22 bits per heavy atom. The Balaban J connectivity index is 1.62. The van der Waals surface area contributed by atoms with E-state index in [1.807, 2.05) is 18.6 Å². The molecule has 4 heteroatoms. The Bertz CT molecular complexity index is 506. The van der Waals surface area contributed by atoms with Crippen LogP contribution in [0.15, 0.2) is 30.7 Å². The van der Waals surface area contributed by atoms with E-state index in [4.69, 9.17) is 0 Å². The fourth-order valence-corrected chi connectivity index (χ4v) is 2.59. The second-order valence-corrected chi connectivity index (χ2v) is 5.03. The molecule has 1 aliphatic heterocycles. The maximum Gasteiger partial charge on any atom is 0.110 e. The van der Waals surface area contributed by atoms with E-state index in [1.165, 1.54) is 12.0 Å². The number of hydrogen-bond donors (Lipinski definition) is 1. The third-order valence-electron chi connectivity index (χ3n) is 3.54. The lowest BCUT2D eigenvalue weighted by Gasteiger charge is -2.15. The summed E-state index contributed by atoms with van der Waals surface area (Å²) in [6, 6.07) is 4.18. The highest BCUT2D eigenvalue weighted by Crippen LogP contribution is 2.25. The van der Waals surface area contributed by atoms with Gasteiger partial charge in [-0.05, 0) is 37.6 Å². The number of H-pyrrole nitrogens is 1. The van der Waals surface area contributed by atoms with Gasteiger partial charge in [0.2, 0.25) is 0 Å². The largest absolute Gasteiger partial charge is 0.346 e. The summed E-state index contributed by atoms with van der Waals surface area (Å²) in [6.07, 6.45) is 6.83. The van der Waals surface area contributed by atoms with Gasteiger partial charge in [0.25, 0.3) is 0 Å². The van der Waals surface area contributed by atoms with Crippen molar-refractivity contribution in [2.45, 2.75) is 25.8 Å². The van der Waals surface area contributed by atoms with Gasteiger partial charge < -0.3 is 4.98 Å². The normalized spacial score (nSPS) is 20.4. The molecule has 1 unspecified atom stereocenters. The molecule has 1 fully saturated rings. The Morgan fingerprint density at radius 3 is 2.94 bits per heavy atom. The molecular weight excluding hydrogens is 224 g/mol. The van der Waals surface area contributed by atoms with Crippen LogP contribution in [0.5, 0.6) is 0 Å². The van der Waals surface area contributed by atoms with Crippen LogP contribution in [-0.2, 0) is 6.54 Å². The molecule has 1 saturated heterocycles. The highest BCUT2D eigenvalue weighted by atomic mass is 15.2. The van der Waals surface area contributed by atoms with Crippen LogP contribution in [0.1, 0.15) is 29.4 Å². The summed E-state index contributed by atoms with van der Waals surface area (Å²) in [5.41, 5.74) is 2.49. The number of aromatic nitrogens is 3. The second kappa shape index (κ2) is 4.90. The number of likely N-dealkylation sites (tertiary alicyclic amines) is 1. The summed E-state index contributed by atoms with van der Waals surface area (Å²) in [6.45, 7) is 5.31. The first-order valence-corrected chi connectivity index (χ1v) is 6.44. The molecule has 0 radical (unpaired) electrons. The van der Waals surface area contributed by atoms with Crippen molar-refractivity contribution >= 4 is 0 Å². The molecule has 1 N–H and O–H groups in total. The van der Waals surface area contributed by atoms with E-state index in [0.29, 0.717) is 5.92 Å². The molecule has 0 spiro atoms. The van der Waals surface area contributed by atoms with Crippen molar-refractivity contribution in [1.82, 2.24) is 19.9 Å². The number of aryl methyl sites for hydroxylation is 1. The number of pyridine rings is 1. The SMILES string of the molecule is Cc1cnc(C2CCN(Cc3ccncc3)C2)[nH]1. The molecule has 2 aromatic rings. The van der Waals surface area contributed by atoms with Crippen LogP contribution in [0.2, 0.25) is 0 Å². The summed E-state index contributed by atoms with van der Waals surface area (Å²) in [4.78, 5) is 14.3. The molecular formula is C14H18N4. The van der Waals surface area contributed by atoms with Gasteiger partial charge in [-0.25, -0.2) is 4.98 Å².